The van der Waals surface area contributed by atoms with Gasteiger partial charge in [0.05, 0.1) is 6.54 Å². The van der Waals surface area contributed by atoms with Crippen LogP contribution in [-0.4, -0.2) is 56.5 Å². The van der Waals surface area contributed by atoms with E-state index in [-0.39, 0.29) is 0 Å². The van der Waals surface area contributed by atoms with Crippen LogP contribution in [0.4, 0.5) is 17.6 Å². The van der Waals surface area contributed by atoms with E-state index in [1.165, 1.54) is 12.8 Å². The van der Waals surface area contributed by atoms with E-state index in [0.29, 0.717) is 42.5 Å². The molecule has 4 aromatic rings. The molecule has 0 saturated heterocycles. The van der Waals surface area contributed by atoms with Crippen molar-refractivity contribution in [1.82, 2.24) is 30.2 Å². The van der Waals surface area contributed by atoms with E-state index < -0.39 is 0 Å². The van der Waals surface area contributed by atoms with Crippen molar-refractivity contribution in [2.24, 2.45) is 0 Å². The molecule has 1 aliphatic rings. The Kier molecular flexibility index (Phi) is 7.41. The van der Waals surface area contributed by atoms with E-state index in [9.17, 15) is 0 Å². The lowest BCUT2D eigenvalue weighted by Crippen LogP contribution is -2.28. The number of hydrogen-bond donors (Lipinski definition) is 3. The zero-order valence-corrected chi connectivity index (χ0v) is 20.7. The number of nitrogens with one attached hydrogen (secondary N) is 3. The van der Waals surface area contributed by atoms with Gasteiger partial charge in [0.1, 0.15) is 18.1 Å². The fourth-order valence-electron chi connectivity index (χ4n) is 3.90. The van der Waals surface area contributed by atoms with Gasteiger partial charge in [0.15, 0.2) is 11.6 Å². The highest BCUT2D eigenvalue weighted by molar-refractivity contribution is 5.59. The molecule has 0 unspecified atom stereocenters. The predicted molar refractivity (Wildman–Crippen MR) is 138 cm³/mol. The minimum absolute atomic E-state index is 0.385. The molecule has 0 amide bonds. The lowest BCUT2D eigenvalue weighted by Gasteiger charge is -2.18. The first-order valence-electron chi connectivity index (χ1n) is 12.5. The molecule has 0 radical (unpaired) electrons. The molecule has 1 fully saturated rings. The summed E-state index contributed by atoms with van der Waals surface area (Å²) in [5.74, 6) is 3.51. The van der Waals surface area contributed by atoms with Crippen molar-refractivity contribution >= 4 is 17.6 Å². The zero-order valence-electron chi connectivity index (χ0n) is 20.7. The normalized spacial score (nSPS) is 13.2. The first-order valence-corrected chi connectivity index (χ1v) is 12.5. The summed E-state index contributed by atoms with van der Waals surface area (Å²) in [6.45, 7) is 7.99. The first-order chi connectivity index (χ1) is 17.7. The standard InChI is InChI=1S/C26H32N8O2/c1-3-34(4-2)12-13-35-25-16-23(28-24-15-21(31-32-24)19-10-11-19)29-26(30-25)27-17-20-14-22(33-36-20)18-8-6-5-7-9-18/h5-9,14-16,19H,3-4,10-13,17H2,1-2H3,(H3,27,28,29,30,31,32). The molecular weight excluding hydrogens is 456 g/mol. The molecule has 5 rings (SSSR count). The van der Waals surface area contributed by atoms with Gasteiger partial charge in [0.2, 0.25) is 11.8 Å². The molecule has 3 heterocycles. The Morgan fingerprint density at radius 3 is 2.67 bits per heavy atom. The second-order valence-corrected chi connectivity index (χ2v) is 8.80. The van der Waals surface area contributed by atoms with Gasteiger partial charge in [-0.2, -0.15) is 15.1 Å². The van der Waals surface area contributed by atoms with Crippen LogP contribution < -0.4 is 15.4 Å². The van der Waals surface area contributed by atoms with Gasteiger partial charge in [-0.3, -0.25) is 5.10 Å². The molecule has 1 saturated carbocycles. The van der Waals surface area contributed by atoms with Crippen LogP contribution in [0.2, 0.25) is 0 Å². The van der Waals surface area contributed by atoms with Crippen molar-refractivity contribution in [1.29, 1.82) is 0 Å². The summed E-state index contributed by atoms with van der Waals surface area (Å²) in [5, 5.41) is 18.2. The lowest BCUT2D eigenvalue weighted by molar-refractivity contribution is 0.218. The minimum atomic E-state index is 0.385. The maximum atomic E-state index is 5.99. The van der Waals surface area contributed by atoms with Gasteiger partial charge in [-0.1, -0.05) is 49.3 Å². The van der Waals surface area contributed by atoms with Gasteiger partial charge >= 0.3 is 0 Å². The van der Waals surface area contributed by atoms with Gasteiger partial charge in [0, 0.05) is 41.9 Å². The van der Waals surface area contributed by atoms with E-state index in [1.54, 1.807) is 6.07 Å². The van der Waals surface area contributed by atoms with Crippen molar-refractivity contribution in [3.8, 4) is 17.1 Å². The Morgan fingerprint density at radius 2 is 1.89 bits per heavy atom. The number of anilines is 3. The van der Waals surface area contributed by atoms with Gasteiger partial charge in [-0.15, -0.1) is 0 Å². The van der Waals surface area contributed by atoms with Crippen LogP contribution in [0.15, 0.2) is 53.1 Å². The molecule has 0 bridgehead atoms. The summed E-state index contributed by atoms with van der Waals surface area (Å²) >= 11 is 0. The Bertz CT molecular complexity index is 1250. The predicted octanol–water partition coefficient (Wildman–Crippen LogP) is 4.81. The van der Waals surface area contributed by atoms with Gasteiger partial charge in [-0.05, 0) is 25.9 Å². The second-order valence-electron chi connectivity index (χ2n) is 8.80. The molecule has 3 N–H and O–H groups in total. The van der Waals surface area contributed by atoms with E-state index >= 15 is 0 Å². The Labute approximate surface area is 210 Å². The first kappa shape index (κ1) is 23.8. The van der Waals surface area contributed by atoms with Gasteiger partial charge < -0.3 is 24.8 Å². The molecular formula is C26H32N8O2. The Hall–Kier alpha value is -3.92. The highest BCUT2D eigenvalue weighted by atomic mass is 16.5. The average Bonchev–Trinajstić information content (AvgIpc) is 3.46. The molecule has 0 aliphatic heterocycles. The summed E-state index contributed by atoms with van der Waals surface area (Å²) in [5.41, 5.74) is 2.94. The maximum Gasteiger partial charge on any atom is 0.228 e. The highest BCUT2D eigenvalue weighted by Gasteiger charge is 2.25. The number of aromatic amines is 1. The zero-order chi connectivity index (χ0) is 24.7. The van der Waals surface area contributed by atoms with E-state index in [1.807, 2.05) is 42.5 Å². The number of rotatable bonds is 13. The minimum Gasteiger partial charge on any atom is -0.476 e. The van der Waals surface area contributed by atoms with E-state index in [4.69, 9.17) is 9.26 Å². The summed E-state index contributed by atoms with van der Waals surface area (Å²) in [7, 11) is 0. The summed E-state index contributed by atoms with van der Waals surface area (Å²) < 4.78 is 11.5. The maximum absolute atomic E-state index is 5.99. The Balaban J connectivity index is 1.28. The van der Waals surface area contributed by atoms with Crippen LogP contribution in [0.3, 0.4) is 0 Å². The number of benzene rings is 1. The summed E-state index contributed by atoms with van der Waals surface area (Å²) in [6, 6.07) is 15.7. The quantitative estimate of drug-likeness (QED) is 0.244. The second kappa shape index (κ2) is 11.2. The van der Waals surface area contributed by atoms with Crippen LogP contribution in [-0.2, 0) is 6.54 Å². The van der Waals surface area contributed by atoms with Crippen LogP contribution in [0.25, 0.3) is 11.3 Å². The molecule has 188 valence electrons. The van der Waals surface area contributed by atoms with Gasteiger partial charge in [-0.25, -0.2) is 0 Å². The molecule has 3 aromatic heterocycles. The van der Waals surface area contributed by atoms with Crippen LogP contribution in [0, 0.1) is 0 Å². The van der Waals surface area contributed by atoms with Crippen molar-refractivity contribution in [2.75, 3.05) is 36.9 Å². The smallest absolute Gasteiger partial charge is 0.228 e. The molecule has 0 atom stereocenters. The number of hydrogen-bond acceptors (Lipinski definition) is 9. The van der Waals surface area contributed by atoms with Gasteiger partial charge in [0.25, 0.3) is 0 Å². The monoisotopic (exact) mass is 488 g/mol. The van der Waals surface area contributed by atoms with Crippen molar-refractivity contribution in [3.05, 3.63) is 60.0 Å². The SMILES string of the molecule is CCN(CC)CCOc1cc(Nc2cc(C3CC3)[nH]n2)nc(NCc2cc(-c3ccccc3)no2)n1. The third-order valence-electron chi connectivity index (χ3n) is 6.17. The average molecular weight is 489 g/mol. The third-order valence-corrected chi connectivity index (χ3v) is 6.17. The molecule has 1 aromatic carbocycles. The van der Waals surface area contributed by atoms with Crippen molar-refractivity contribution in [3.63, 3.8) is 0 Å². The highest BCUT2D eigenvalue weighted by Crippen LogP contribution is 2.39. The largest absolute Gasteiger partial charge is 0.476 e. The number of likely N-dealkylation sites (N-methyl/N-ethyl adjacent to an activating group) is 1. The molecule has 10 nitrogen and oxygen atoms in total. The number of aromatic nitrogens is 5. The van der Waals surface area contributed by atoms with Crippen molar-refractivity contribution < 1.29 is 9.26 Å². The van der Waals surface area contributed by atoms with Crippen LogP contribution in [0.5, 0.6) is 5.88 Å². The fraction of sp³-hybridized carbons (Fsp3) is 0.385. The summed E-state index contributed by atoms with van der Waals surface area (Å²) in [4.78, 5) is 11.5. The molecule has 10 heteroatoms. The number of nitrogens with zero attached hydrogens (tertiary/aromatic N) is 5. The van der Waals surface area contributed by atoms with Crippen LogP contribution in [0.1, 0.15) is 44.1 Å². The topological polar surface area (TPSA) is 117 Å². The molecule has 0 spiro atoms. The van der Waals surface area contributed by atoms with E-state index in [0.717, 1.165) is 42.4 Å². The number of ether oxygens (including phenoxy) is 1. The van der Waals surface area contributed by atoms with Crippen molar-refractivity contribution in [2.45, 2.75) is 39.2 Å². The molecule has 1 aliphatic carbocycles. The number of H-pyrrole nitrogens is 1. The van der Waals surface area contributed by atoms with E-state index in [2.05, 4.69) is 54.7 Å². The Morgan fingerprint density at radius 1 is 1.06 bits per heavy atom. The van der Waals surface area contributed by atoms with Crippen LogP contribution >= 0.6 is 0 Å². The lowest BCUT2D eigenvalue weighted by atomic mass is 10.1. The molecule has 36 heavy (non-hydrogen) atoms. The fourth-order valence-corrected chi connectivity index (χ4v) is 3.90. The third kappa shape index (κ3) is 6.19. The summed E-state index contributed by atoms with van der Waals surface area (Å²) in [6.07, 6.45) is 2.42.